The van der Waals surface area contributed by atoms with Crippen LogP contribution < -0.4 is 4.74 Å². The molecule has 0 spiro atoms. The van der Waals surface area contributed by atoms with Crippen molar-refractivity contribution in [3.63, 3.8) is 0 Å². The molecule has 2 heteroatoms. The fourth-order valence-electron chi connectivity index (χ4n) is 4.03. The highest BCUT2D eigenvalue weighted by molar-refractivity contribution is 5.53. The molecule has 0 aliphatic heterocycles. The van der Waals surface area contributed by atoms with Crippen LogP contribution in [0.1, 0.15) is 69.4 Å². The molecule has 0 atom stereocenters. The Morgan fingerprint density at radius 2 is 1.27 bits per heavy atom. The summed E-state index contributed by atoms with van der Waals surface area (Å²) in [5.41, 5.74) is 4.84. The van der Waals surface area contributed by atoms with Crippen molar-refractivity contribution in [3.05, 3.63) is 64.2 Å². The number of aliphatic hydroxyl groups is 1. The molecule has 2 nitrogen and oxygen atoms in total. The third-order valence-electron chi connectivity index (χ3n) is 5.53. The Hall–Kier alpha value is -1.80. The fourth-order valence-corrected chi connectivity index (χ4v) is 4.03. The zero-order valence-electron chi connectivity index (χ0n) is 17.2. The van der Waals surface area contributed by atoms with E-state index in [0.29, 0.717) is 12.8 Å². The van der Waals surface area contributed by atoms with Crippen molar-refractivity contribution in [1.82, 2.24) is 0 Å². The van der Waals surface area contributed by atoms with Crippen LogP contribution in [0.25, 0.3) is 0 Å². The van der Waals surface area contributed by atoms with Gasteiger partial charge in [-0.25, -0.2) is 0 Å². The third-order valence-corrected chi connectivity index (χ3v) is 5.53. The lowest BCUT2D eigenvalue weighted by molar-refractivity contribution is 0.0479. The number of hydrogen-bond donors (Lipinski definition) is 1. The van der Waals surface area contributed by atoms with Crippen LogP contribution in [0.2, 0.25) is 0 Å². The SMILES string of the molecule is COc1c(C(C)(C)C)cc(C2(O)Cc3ccccc3C2)cc1C(C)(C)C. The molecule has 2 aromatic carbocycles. The molecule has 1 aliphatic carbocycles. The van der Waals surface area contributed by atoms with Crippen LogP contribution in [0.4, 0.5) is 0 Å². The molecular weight excluding hydrogens is 320 g/mol. The predicted molar refractivity (Wildman–Crippen MR) is 108 cm³/mol. The smallest absolute Gasteiger partial charge is 0.126 e. The molecular formula is C24H32O2. The van der Waals surface area contributed by atoms with Gasteiger partial charge in [-0.05, 0) is 39.7 Å². The Morgan fingerprint density at radius 3 is 1.62 bits per heavy atom. The second kappa shape index (κ2) is 6.13. The molecule has 2 aromatic rings. The van der Waals surface area contributed by atoms with Crippen molar-refractivity contribution in [2.24, 2.45) is 0 Å². The maximum Gasteiger partial charge on any atom is 0.126 e. The predicted octanol–water partition coefficient (Wildman–Crippen LogP) is 5.28. The van der Waals surface area contributed by atoms with Gasteiger partial charge >= 0.3 is 0 Å². The molecule has 0 amide bonds. The summed E-state index contributed by atoms with van der Waals surface area (Å²) < 4.78 is 5.86. The van der Waals surface area contributed by atoms with Crippen LogP contribution in [0.3, 0.4) is 0 Å². The summed E-state index contributed by atoms with van der Waals surface area (Å²) in [5.74, 6) is 0.952. The maximum absolute atomic E-state index is 11.6. The van der Waals surface area contributed by atoms with E-state index in [1.807, 2.05) is 0 Å². The van der Waals surface area contributed by atoms with E-state index in [1.165, 1.54) is 11.1 Å². The molecule has 1 N–H and O–H groups in total. The topological polar surface area (TPSA) is 29.5 Å². The standard InChI is InChI=1S/C24H32O2/c1-22(2,3)19-12-18(13-20(21(19)26-7)23(4,5)6)24(25)14-16-10-8-9-11-17(16)15-24/h8-13,25H,14-15H2,1-7H3. The van der Waals surface area contributed by atoms with Gasteiger partial charge in [-0.2, -0.15) is 0 Å². The largest absolute Gasteiger partial charge is 0.496 e. The Morgan fingerprint density at radius 1 is 0.846 bits per heavy atom. The Labute approximate surface area is 158 Å². The van der Waals surface area contributed by atoms with Crippen molar-refractivity contribution in [3.8, 4) is 5.75 Å². The van der Waals surface area contributed by atoms with Crippen LogP contribution in [0, 0.1) is 0 Å². The van der Waals surface area contributed by atoms with Gasteiger partial charge in [0.15, 0.2) is 0 Å². The lowest BCUT2D eigenvalue weighted by atomic mass is 9.75. The number of rotatable bonds is 2. The van der Waals surface area contributed by atoms with Crippen molar-refractivity contribution < 1.29 is 9.84 Å². The molecule has 140 valence electrons. The number of methoxy groups -OCH3 is 1. The van der Waals surface area contributed by atoms with Gasteiger partial charge in [0.05, 0.1) is 12.7 Å². The van der Waals surface area contributed by atoms with Gasteiger partial charge in [0.25, 0.3) is 0 Å². The lowest BCUT2D eigenvalue weighted by Gasteiger charge is -2.33. The number of fused-ring (bicyclic) bond motifs is 1. The minimum Gasteiger partial charge on any atom is -0.496 e. The molecule has 0 saturated carbocycles. The Balaban J connectivity index is 2.20. The minimum atomic E-state index is -0.851. The van der Waals surface area contributed by atoms with E-state index in [4.69, 9.17) is 4.74 Å². The van der Waals surface area contributed by atoms with E-state index in [0.717, 1.165) is 22.4 Å². The van der Waals surface area contributed by atoms with Crippen LogP contribution in [-0.4, -0.2) is 12.2 Å². The minimum absolute atomic E-state index is 0.0663. The molecule has 0 saturated heterocycles. The summed E-state index contributed by atoms with van der Waals surface area (Å²) in [5, 5.41) is 11.6. The molecule has 0 fully saturated rings. The normalized spacial score (nSPS) is 16.5. The zero-order valence-corrected chi connectivity index (χ0v) is 17.2. The van der Waals surface area contributed by atoms with E-state index < -0.39 is 5.60 Å². The summed E-state index contributed by atoms with van der Waals surface area (Å²) in [6.07, 6.45) is 1.34. The van der Waals surface area contributed by atoms with Gasteiger partial charge in [0.1, 0.15) is 5.75 Å². The molecule has 3 rings (SSSR count). The molecule has 1 aliphatic rings. The molecule has 0 aromatic heterocycles. The van der Waals surface area contributed by atoms with Crippen LogP contribution in [0.15, 0.2) is 36.4 Å². The second-order valence-corrected chi connectivity index (χ2v) is 9.76. The Kier molecular flexibility index (Phi) is 4.47. The second-order valence-electron chi connectivity index (χ2n) is 9.76. The number of benzene rings is 2. The summed E-state index contributed by atoms with van der Waals surface area (Å²) in [6.45, 7) is 13.2. The summed E-state index contributed by atoms with van der Waals surface area (Å²) in [4.78, 5) is 0. The van der Waals surface area contributed by atoms with E-state index in [-0.39, 0.29) is 10.8 Å². The lowest BCUT2D eigenvalue weighted by Crippen LogP contribution is -2.29. The van der Waals surface area contributed by atoms with E-state index in [9.17, 15) is 5.11 Å². The van der Waals surface area contributed by atoms with Gasteiger partial charge in [-0.1, -0.05) is 65.8 Å². The molecule has 26 heavy (non-hydrogen) atoms. The average molecular weight is 353 g/mol. The zero-order chi connectivity index (χ0) is 19.3. The summed E-state index contributed by atoms with van der Waals surface area (Å²) in [6, 6.07) is 12.7. The van der Waals surface area contributed by atoms with E-state index >= 15 is 0 Å². The number of hydrogen-bond acceptors (Lipinski definition) is 2. The van der Waals surface area contributed by atoms with E-state index in [2.05, 4.69) is 77.9 Å². The van der Waals surface area contributed by atoms with Gasteiger partial charge < -0.3 is 9.84 Å². The molecule has 0 heterocycles. The maximum atomic E-state index is 11.6. The van der Waals surface area contributed by atoms with Crippen LogP contribution >= 0.6 is 0 Å². The fraction of sp³-hybridized carbons (Fsp3) is 0.500. The van der Waals surface area contributed by atoms with Crippen molar-refractivity contribution in [2.75, 3.05) is 7.11 Å². The van der Waals surface area contributed by atoms with Gasteiger partial charge in [-0.3, -0.25) is 0 Å². The summed E-state index contributed by atoms with van der Waals surface area (Å²) in [7, 11) is 1.75. The number of ether oxygens (including phenoxy) is 1. The first kappa shape index (κ1) is 19.0. The summed E-state index contributed by atoms with van der Waals surface area (Å²) >= 11 is 0. The average Bonchev–Trinajstić information content (AvgIpc) is 2.89. The first-order valence-corrected chi connectivity index (χ1v) is 9.48. The first-order valence-electron chi connectivity index (χ1n) is 9.48. The van der Waals surface area contributed by atoms with Gasteiger partial charge in [0, 0.05) is 24.0 Å². The highest BCUT2D eigenvalue weighted by atomic mass is 16.5. The Bertz CT molecular complexity index is 759. The molecule has 0 bridgehead atoms. The van der Waals surface area contributed by atoms with Crippen LogP contribution in [-0.2, 0) is 29.3 Å². The quantitative estimate of drug-likeness (QED) is 0.797. The van der Waals surface area contributed by atoms with Gasteiger partial charge in [-0.15, -0.1) is 0 Å². The van der Waals surface area contributed by atoms with Crippen molar-refractivity contribution in [1.29, 1.82) is 0 Å². The van der Waals surface area contributed by atoms with Crippen LogP contribution in [0.5, 0.6) is 5.75 Å². The highest BCUT2D eigenvalue weighted by Gasteiger charge is 2.39. The first-order chi connectivity index (χ1) is 12.0. The van der Waals surface area contributed by atoms with Crippen molar-refractivity contribution in [2.45, 2.75) is 70.8 Å². The van der Waals surface area contributed by atoms with Crippen molar-refractivity contribution >= 4 is 0 Å². The van der Waals surface area contributed by atoms with Gasteiger partial charge in [0.2, 0.25) is 0 Å². The highest BCUT2D eigenvalue weighted by Crippen LogP contribution is 2.45. The molecule has 0 unspecified atom stereocenters. The third kappa shape index (κ3) is 3.27. The molecule has 0 radical (unpaired) electrons. The monoisotopic (exact) mass is 352 g/mol. The van der Waals surface area contributed by atoms with E-state index in [1.54, 1.807) is 7.11 Å².